The van der Waals surface area contributed by atoms with Crippen molar-refractivity contribution in [3.05, 3.63) is 347 Å². The molecular weight excluding hydrogens is 2250 g/mol. The maximum atomic E-state index is 5.16. The Morgan fingerprint density at radius 1 is 0.262 bits per heavy atom. The van der Waals surface area contributed by atoms with Crippen LogP contribution in [-0.2, 0) is 109 Å². The smallest absolute Gasteiger partial charge is 0.164 e. The van der Waals surface area contributed by atoms with Gasteiger partial charge in [-0.15, -0.1) is 105 Å². The number of fused-ring (bicyclic) bond motifs is 9. The standard InChI is InChI=1S/C58H61N4.C36H38N3.C34H32N3.3Ir/c1-53(2,3)41-23-15-35(16-24-41)50-60-51(36-17-25-42(26-18-36)54(4,5)6)62-52(61-50)39-20-28-44-43-27-19-37(31-46(43)55(7,8)47(44)33-39)40-22-30-49(59-34-40)38-21-29-45-48(32-38)57(11,12)58(13,14)56(45,9)10;1-34(2)29-16-14-25(19-30(29)35(3,4)36(34,5)6)31-17-15-27(20-37-31)24-8-7-9-26(18-24)33-38-21-28-22-10-12-23(13-11-22)32(28)39-33;1-32(2)27-16-14-23(19-28(27)33(3,4)34(32,5)6)29-17-15-25(20-35-29)22-11-9-12-24(18-22)31-36-21-26-10-7-8-13-30(26)37-31;;;/h15-20,22-34H,1-14H3;7-9,15-23H,10-13H2,1-6H3;7-13,15-21H,1-6H3;;;/q3*-1;;;. The van der Waals surface area contributed by atoms with Gasteiger partial charge in [0.2, 0.25) is 0 Å². The van der Waals surface area contributed by atoms with Gasteiger partial charge in [-0.05, 0) is 211 Å². The van der Waals surface area contributed by atoms with Gasteiger partial charge in [-0.3, -0.25) is 0 Å². The summed E-state index contributed by atoms with van der Waals surface area (Å²) in [6.07, 6.45) is 15.1. The molecule has 0 aliphatic heterocycles. The Labute approximate surface area is 878 Å². The van der Waals surface area contributed by atoms with Crippen LogP contribution in [0, 0.1) is 34.4 Å². The van der Waals surface area contributed by atoms with Crippen molar-refractivity contribution in [3.8, 4) is 135 Å². The second kappa shape index (κ2) is 36.4. The molecule has 1 saturated carbocycles. The minimum Gasteiger partial charge on any atom is -0.304 e. The maximum absolute atomic E-state index is 5.16. The van der Waals surface area contributed by atoms with E-state index < -0.39 is 0 Å². The first-order valence-electron chi connectivity index (χ1n) is 49.8. The van der Waals surface area contributed by atoms with Crippen molar-refractivity contribution in [1.29, 1.82) is 0 Å². The van der Waals surface area contributed by atoms with Crippen LogP contribution in [0.5, 0.6) is 0 Å². The molecule has 7 aliphatic carbocycles. The summed E-state index contributed by atoms with van der Waals surface area (Å²) in [5, 5.41) is 1.04. The molecule has 0 N–H and O–H groups in total. The minimum atomic E-state index is -0.248. The summed E-state index contributed by atoms with van der Waals surface area (Å²) in [4.78, 5) is 49.4. The molecule has 13 heteroatoms. The molecule has 0 saturated heterocycles. The van der Waals surface area contributed by atoms with Crippen molar-refractivity contribution in [2.75, 3.05) is 0 Å². The summed E-state index contributed by atoms with van der Waals surface area (Å²) in [6.45, 7) is 60.9. The van der Waals surface area contributed by atoms with Gasteiger partial charge in [0.25, 0.3) is 0 Å². The Bertz CT molecular complexity index is 7430. The molecule has 16 aromatic rings. The Morgan fingerprint density at radius 3 is 0.986 bits per heavy atom. The molecule has 0 amide bonds. The van der Waals surface area contributed by atoms with E-state index in [1.807, 2.05) is 49.1 Å². The van der Waals surface area contributed by atoms with Crippen LogP contribution in [0.15, 0.2) is 262 Å². The van der Waals surface area contributed by atoms with E-state index >= 15 is 0 Å². The van der Waals surface area contributed by atoms with Crippen molar-refractivity contribution in [1.82, 2.24) is 49.8 Å². The SMILES string of the molecule is CC(C)(C)c1ccc(-c2nc(-c3ccc(C(C)(C)C)cc3)nc(-c3ccc4c(c3)C(C)(C)c3cc(-c5ccc(-c6[c-]cc7c(c6)C(C)(C)C(C)(C)C7(C)C)nc5)ccc3-4)n2)cc1.CC1(C)c2c[c-]c(-c3ccc(-c4cccc(-c5ncc6c(n5)C5CCC6CC5)c4)cn3)cc2C(C)(C)C1(C)C.CC1(C)c2c[c-]c(-c3ccc(-c4cccc(-c5ncc6ccccc6n5)c4)cn3)cc2C(C)(C)C1(C)C.[Ir].[Ir].[Ir]. The maximum Gasteiger partial charge on any atom is 0.164 e. The van der Waals surface area contributed by atoms with Crippen LogP contribution in [0.3, 0.4) is 0 Å². The summed E-state index contributed by atoms with van der Waals surface area (Å²) >= 11 is 0. The monoisotopic (exact) mass is 2390 g/mol. The summed E-state index contributed by atoms with van der Waals surface area (Å²) in [7, 11) is 0. The molecule has 7 aliphatic rings. The molecule has 723 valence electrons. The van der Waals surface area contributed by atoms with Crippen LogP contribution in [-0.4, -0.2) is 49.8 Å². The van der Waals surface area contributed by atoms with E-state index in [2.05, 4.69) is 416 Å². The fourth-order valence-electron chi connectivity index (χ4n) is 23.3. The zero-order valence-electron chi connectivity index (χ0n) is 86.8. The van der Waals surface area contributed by atoms with Gasteiger partial charge in [0, 0.05) is 136 Å². The van der Waals surface area contributed by atoms with Crippen molar-refractivity contribution < 1.29 is 60.3 Å². The predicted octanol–water partition coefficient (Wildman–Crippen LogP) is 32.3. The number of hydrogen-bond donors (Lipinski definition) is 0. The van der Waals surface area contributed by atoms with E-state index in [-0.39, 0.29) is 125 Å². The van der Waals surface area contributed by atoms with Crippen molar-refractivity contribution in [2.24, 2.45) is 16.2 Å². The zero-order chi connectivity index (χ0) is 97.5. The first-order valence-corrected chi connectivity index (χ1v) is 49.8. The van der Waals surface area contributed by atoms with Crippen LogP contribution in [0.2, 0.25) is 0 Å². The third-order valence-electron chi connectivity index (χ3n) is 36.1. The third kappa shape index (κ3) is 17.1. The largest absolute Gasteiger partial charge is 0.304 e. The number of hydrogen-bond acceptors (Lipinski definition) is 10. The molecule has 141 heavy (non-hydrogen) atoms. The van der Waals surface area contributed by atoms with Crippen molar-refractivity contribution >= 4 is 10.9 Å². The van der Waals surface area contributed by atoms with Crippen molar-refractivity contribution in [2.45, 2.75) is 266 Å². The molecule has 2 bridgehead atoms. The van der Waals surface area contributed by atoms with Gasteiger partial charge < -0.3 is 15.0 Å². The van der Waals surface area contributed by atoms with Gasteiger partial charge >= 0.3 is 0 Å². The van der Waals surface area contributed by atoms with Gasteiger partial charge in [0.05, 0.1) is 11.2 Å². The summed E-state index contributed by atoms with van der Waals surface area (Å²) in [6, 6.07) is 93.2. The first kappa shape index (κ1) is 102. The average Bonchev–Trinajstić information content (AvgIpc) is 1.59. The fourth-order valence-corrected chi connectivity index (χ4v) is 23.3. The number of nitrogens with zero attached hydrogens (tertiary/aromatic N) is 10. The van der Waals surface area contributed by atoms with Crippen LogP contribution >= 0.6 is 0 Å². The Balaban J connectivity index is 0.000000151. The van der Waals surface area contributed by atoms with E-state index in [1.54, 1.807) is 0 Å². The molecule has 10 nitrogen and oxygen atoms in total. The van der Waals surface area contributed by atoms with Gasteiger partial charge in [0.1, 0.15) is 0 Å². The number of rotatable bonds is 11. The van der Waals surface area contributed by atoms with E-state index in [1.165, 1.54) is 104 Å². The summed E-state index contributed by atoms with van der Waals surface area (Å²) < 4.78 is 0. The zero-order valence-corrected chi connectivity index (χ0v) is 94.0. The van der Waals surface area contributed by atoms with Crippen LogP contribution in [0.25, 0.3) is 146 Å². The van der Waals surface area contributed by atoms with E-state index in [4.69, 9.17) is 44.9 Å². The van der Waals surface area contributed by atoms with E-state index in [9.17, 15) is 0 Å². The molecule has 6 aromatic heterocycles. The molecule has 23 rings (SSSR count). The number of para-hydroxylation sites is 1. The number of benzene rings is 10. The normalized spacial score (nSPS) is 18.3. The van der Waals surface area contributed by atoms with E-state index in [0.29, 0.717) is 29.3 Å². The fraction of sp³-hybridized carbons (Fsp3) is 0.344. The average molecular weight is 2390 g/mol. The van der Waals surface area contributed by atoms with E-state index in [0.717, 1.165) is 118 Å². The molecule has 1 fully saturated rings. The van der Waals surface area contributed by atoms with Gasteiger partial charge in [-0.2, -0.15) is 0 Å². The molecule has 10 aromatic carbocycles. The molecule has 6 heterocycles. The second-order valence-corrected chi connectivity index (χ2v) is 47.5. The quantitative estimate of drug-likeness (QED) is 0.115. The summed E-state index contributed by atoms with van der Waals surface area (Å²) in [5.74, 6) is 4.86. The predicted molar refractivity (Wildman–Crippen MR) is 569 cm³/mol. The van der Waals surface area contributed by atoms with Gasteiger partial charge in [-0.25, -0.2) is 34.9 Å². The second-order valence-electron chi connectivity index (χ2n) is 47.5. The van der Waals surface area contributed by atoms with Gasteiger partial charge in [0.15, 0.2) is 29.1 Å². The number of pyridine rings is 3. The van der Waals surface area contributed by atoms with Gasteiger partial charge in [-0.1, -0.05) is 344 Å². The Hall–Kier alpha value is -11.0. The van der Waals surface area contributed by atoms with Crippen LogP contribution in [0.1, 0.15) is 284 Å². The molecular formula is C128H131Ir3N10-3. The minimum absolute atomic E-state index is 0. The Morgan fingerprint density at radius 2 is 0.589 bits per heavy atom. The van der Waals surface area contributed by atoms with Crippen LogP contribution in [0.4, 0.5) is 0 Å². The first-order chi connectivity index (χ1) is 65.1. The molecule has 0 unspecified atom stereocenters. The Kier molecular flexibility index (Phi) is 26.2. The van der Waals surface area contributed by atoms with Crippen LogP contribution < -0.4 is 0 Å². The van der Waals surface area contributed by atoms with Crippen molar-refractivity contribution in [3.63, 3.8) is 0 Å². The molecule has 0 atom stereocenters. The summed E-state index contributed by atoms with van der Waals surface area (Å²) in [5.41, 5.74) is 38.0. The number of aromatic nitrogens is 10. The molecule has 0 spiro atoms. The topological polar surface area (TPSA) is 129 Å². The molecule has 3 radical (unpaired) electrons. The third-order valence-corrected chi connectivity index (χ3v) is 36.1.